The normalized spacial score (nSPS) is 17.9. The molecule has 1 aromatic carbocycles. The molecule has 0 N–H and O–H groups in total. The monoisotopic (exact) mass is 1600 g/mol. The van der Waals surface area contributed by atoms with Crippen molar-refractivity contribution in [1.29, 1.82) is 0 Å². The van der Waals surface area contributed by atoms with Gasteiger partial charge in [-0.2, -0.15) is 0 Å². The third-order valence-electron chi connectivity index (χ3n) is 20.5. The van der Waals surface area contributed by atoms with Gasteiger partial charge < -0.3 is 19.6 Å². The van der Waals surface area contributed by atoms with Crippen LogP contribution in [-0.2, 0) is 6.42 Å². The largest absolute Gasteiger partial charge is 0.303 e. The molecule has 4 saturated heterocycles. The molecule has 4 fully saturated rings. The molecule has 8 heteroatoms. The minimum absolute atomic E-state index is 0.341. The van der Waals surface area contributed by atoms with Crippen LogP contribution >= 0.6 is 0 Å². The fraction of sp³-hybridized carbons (Fsp3) is 0.905. The summed E-state index contributed by atoms with van der Waals surface area (Å²) in [7, 11) is 0. The maximum atomic E-state index is 2.64. The first-order chi connectivity index (χ1) is 52.2. The van der Waals surface area contributed by atoms with Crippen LogP contribution in [0, 0.1) is 62.1 Å². The van der Waals surface area contributed by atoms with E-state index >= 15 is 0 Å². The van der Waals surface area contributed by atoms with E-state index < -0.39 is 0 Å². The Morgan fingerprint density at radius 3 is 1.07 bits per heavy atom. The van der Waals surface area contributed by atoms with E-state index in [1.54, 1.807) is 11.1 Å². The fourth-order valence-corrected chi connectivity index (χ4v) is 15.2. The van der Waals surface area contributed by atoms with Crippen molar-refractivity contribution in [3.63, 3.8) is 0 Å². The van der Waals surface area contributed by atoms with Crippen LogP contribution in [0.1, 0.15) is 414 Å². The minimum Gasteiger partial charge on any atom is -0.303 e. The van der Waals surface area contributed by atoms with Crippen LogP contribution < -0.4 is 0 Å². The molecule has 113 heavy (non-hydrogen) atoms. The standard InChI is InChI=1S/C14H22.C13H28N2.C13H27N.C13H25N.C13H27N.C13H25N.C12H26N2.7C2H6/c1-11(2)13-8-6-12(7-9-13)10-14(3,4)5;1-12(2)11-14-7-6-8-15(10-9-14)13(3,4)5;2*1-11(2)12-6-8-14(9-7-12)10-13(3,4)5;2*1-11(2)14-8-6-12(7-9-14)10-13(3,4)5;1-11(2)14-8-6-13(7-9-14)10-12(3,4)5;7*1-2/h6-9,11H,10H2,1-5H3;12H,6-11H2,1-5H3;11-12H,6-10H2,1-5H3;6,11H,7-10H2,1-5H3;11-12H,6-10H2,1-5H3;6,11H,7-10H2,1-5H3;11H,6-10H2,1-5H3;7*1-2H3. The number of piperidine rings is 2. The predicted molar refractivity (Wildman–Crippen MR) is 527 cm³/mol. The molecule has 0 spiro atoms. The van der Waals surface area contributed by atoms with Crippen molar-refractivity contribution in [2.45, 2.75) is 433 Å². The van der Waals surface area contributed by atoms with Gasteiger partial charge in [0.25, 0.3) is 0 Å². The zero-order chi connectivity index (χ0) is 90.1. The number of piperazine rings is 1. The van der Waals surface area contributed by atoms with Gasteiger partial charge in [0.15, 0.2) is 0 Å². The Labute approximate surface area is 719 Å². The summed E-state index contributed by atoms with van der Waals surface area (Å²) in [5.74, 6) is 5.01. The molecule has 8 nitrogen and oxygen atoms in total. The third kappa shape index (κ3) is 72.9. The predicted octanol–water partition coefficient (Wildman–Crippen LogP) is 29.8. The van der Waals surface area contributed by atoms with E-state index in [1.807, 2.05) is 96.9 Å². The van der Waals surface area contributed by atoms with E-state index in [1.165, 1.54) is 187 Å². The lowest BCUT2D eigenvalue weighted by Gasteiger charge is -2.39. The van der Waals surface area contributed by atoms with Gasteiger partial charge in [-0.1, -0.05) is 325 Å². The van der Waals surface area contributed by atoms with Gasteiger partial charge in [-0.3, -0.25) is 19.6 Å². The van der Waals surface area contributed by atoms with Crippen LogP contribution in [0.15, 0.2) is 47.6 Å². The summed E-state index contributed by atoms with van der Waals surface area (Å²) in [5.41, 5.74) is 9.23. The van der Waals surface area contributed by atoms with E-state index in [9.17, 15) is 0 Å². The Balaban J connectivity index is -0.000000226. The molecule has 1 aromatic rings. The lowest BCUT2D eigenvalue weighted by molar-refractivity contribution is 0.0848. The van der Waals surface area contributed by atoms with Crippen molar-refractivity contribution in [3.05, 3.63) is 58.7 Å². The van der Waals surface area contributed by atoms with Gasteiger partial charge in [0.2, 0.25) is 0 Å². The molecule has 0 radical (unpaired) electrons. The fourth-order valence-electron chi connectivity index (χ4n) is 15.2. The number of likely N-dealkylation sites (tertiary alicyclic amines) is 2. The molecule has 0 bridgehead atoms. The molecule has 0 amide bonds. The van der Waals surface area contributed by atoms with Crippen molar-refractivity contribution >= 4 is 0 Å². The first-order valence-corrected chi connectivity index (χ1v) is 48.5. The summed E-state index contributed by atoms with van der Waals surface area (Å²) in [5, 5.41) is 0. The molecule has 682 valence electrons. The van der Waals surface area contributed by atoms with Gasteiger partial charge >= 0.3 is 0 Å². The Morgan fingerprint density at radius 2 is 0.743 bits per heavy atom. The topological polar surface area (TPSA) is 25.9 Å². The quantitative estimate of drug-likeness (QED) is 0.170. The van der Waals surface area contributed by atoms with Gasteiger partial charge in [0.1, 0.15) is 0 Å². The van der Waals surface area contributed by atoms with Crippen LogP contribution in [-0.4, -0.2) is 194 Å². The molecule has 0 aliphatic carbocycles. The average molecular weight is 1600 g/mol. The van der Waals surface area contributed by atoms with E-state index in [2.05, 4.69) is 318 Å². The van der Waals surface area contributed by atoms with E-state index in [-0.39, 0.29) is 0 Å². The molecule has 6 aliphatic heterocycles. The lowest BCUT2D eigenvalue weighted by Crippen LogP contribution is -2.50. The Bertz CT molecular complexity index is 2150. The van der Waals surface area contributed by atoms with Gasteiger partial charge in [-0.25, -0.2) is 0 Å². The summed E-state index contributed by atoms with van der Waals surface area (Å²) in [6, 6.07) is 11.2. The zero-order valence-corrected chi connectivity index (χ0v) is 88.0. The molecule has 0 unspecified atom stereocenters. The zero-order valence-electron chi connectivity index (χ0n) is 88.0. The smallest absolute Gasteiger partial charge is 0.0168 e. The van der Waals surface area contributed by atoms with Gasteiger partial charge in [0, 0.05) is 115 Å². The maximum absolute atomic E-state index is 2.64. The summed E-state index contributed by atoms with van der Waals surface area (Å²) in [6.45, 7) is 134. The first-order valence-electron chi connectivity index (χ1n) is 48.5. The minimum atomic E-state index is 0.341. The summed E-state index contributed by atoms with van der Waals surface area (Å²) in [6.07, 6.45) is 18.2. The molecular weight excluding hydrogens is 1370 g/mol. The molecule has 0 aromatic heterocycles. The highest BCUT2D eigenvalue weighted by Crippen LogP contribution is 2.33. The van der Waals surface area contributed by atoms with Gasteiger partial charge in [-0.05, 0) is 245 Å². The molecular formula is C105H222N8. The highest BCUT2D eigenvalue weighted by molar-refractivity contribution is 5.25. The molecule has 7 rings (SSSR count). The van der Waals surface area contributed by atoms with Gasteiger partial charge in [0.05, 0.1) is 0 Å². The second-order valence-electron chi connectivity index (χ2n) is 42.5. The summed E-state index contributed by atoms with van der Waals surface area (Å²) in [4.78, 5) is 20.7. The highest BCUT2D eigenvalue weighted by Gasteiger charge is 2.29. The van der Waals surface area contributed by atoms with Crippen molar-refractivity contribution < 1.29 is 0 Å². The lowest BCUT2D eigenvalue weighted by atomic mass is 9.80. The second kappa shape index (κ2) is 68.0. The van der Waals surface area contributed by atoms with Crippen molar-refractivity contribution in [1.82, 2.24) is 39.2 Å². The van der Waals surface area contributed by atoms with Gasteiger partial charge in [-0.15, -0.1) is 0 Å². The number of hydrogen-bond acceptors (Lipinski definition) is 8. The number of benzene rings is 1. The molecule has 6 heterocycles. The number of hydrogen-bond donors (Lipinski definition) is 0. The van der Waals surface area contributed by atoms with E-state index in [0.717, 1.165) is 55.1 Å². The summed E-state index contributed by atoms with van der Waals surface area (Å²) < 4.78 is 0. The van der Waals surface area contributed by atoms with Crippen LogP contribution in [0.5, 0.6) is 0 Å². The Morgan fingerprint density at radius 1 is 0.336 bits per heavy atom. The Kier molecular flexibility index (Phi) is 74.9. The second-order valence-corrected chi connectivity index (χ2v) is 42.5. The Hall–Kier alpha value is -1.62. The van der Waals surface area contributed by atoms with Crippen LogP contribution in [0.3, 0.4) is 0 Å². The summed E-state index contributed by atoms with van der Waals surface area (Å²) >= 11 is 0. The van der Waals surface area contributed by atoms with Crippen LogP contribution in [0.4, 0.5) is 0 Å². The van der Waals surface area contributed by atoms with Crippen LogP contribution in [0.2, 0.25) is 0 Å². The van der Waals surface area contributed by atoms with Crippen molar-refractivity contribution in [3.8, 4) is 0 Å². The average Bonchev–Trinajstić information content (AvgIpc) is 1.46. The van der Waals surface area contributed by atoms with Crippen LogP contribution in [0.25, 0.3) is 0 Å². The maximum Gasteiger partial charge on any atom is 0.0168 e. The highest BCUT2D eigenvalue weighted by atomic mass is 15.3. The molecule has 0 saturated carbocycles. The SMILES string of the molecule is CC.CC.CC.CC.CC.CC.CC.CC(C)C1=CCN(CC(C)(C)C)CC1.CC(C)C1CCN(CC(C)(C)C)CC1.CC(C)CN1CCCN(C(C)(C)C)CC1.CC(C)N1CC=C(CC(C)(C)C)CC1.CC(C)N1CCC(CC(C)(C)C)CC1.CC(C)N1CCN(CC(C)(C)C)CC1.CC(C)c1ccc(CC(C)(C)C)cc1. The van der Waals surface area contributed by atoms with Crippen molar-refractivity contribution in [2.24, 2.45) is 62.1 Å². The van der Waals surface area contributed by atoms with E-state index in [4.69, 9.17) is 0 Å². The molecule has 6 aliphatic rings. The number of nitrogens with zero attached hydrogens (tertiary/aromatic N) is 8. The molecule has 0 atom stereocenters. The van der Waals surface area contributed by atoms with E-state index in [0.29, 0.717) is 56.0 Å². The number of rotatable bonds is 14. The third-order valence-corrected chi connectivity index (χ3v) is 20.5. The first kappa shape index (κ1) is 125. The van der Waals surface area contributed by atoms with Crippen molar-refractivity contribution in [2.75, 3.05) is 131 Å².